The molecule has 1 aliphatic carbocycles. The lowest BCUT2D eigenvalue weighted by molar-refractivity contribution is -0.146. The smallest absolute Gasteiger partial charge is 0.407 e. The summed E-state index contributed by atoms with van der Waals surface area (Å²) in [5.41, 5.74) is 3.56. The van der Waals surface area contributed by atoms with Crippen LogP contribution in [0.5, 0.6) is 0 Å². The molecule has 0 heterocycles. The number of carboxylic acid groups (broad SMARTS) is 1. The van der Waals surface area contributed by atoms with Crippen LogP contribution in [0.15, 0.2) is 60.2 Å². The van der Waals surface area contributed by atoms with Gasteiger partial charge in [0.15, 0.2) is 0 Å². The maximum atomic E-state index is 12.4. The molecule has 7 heteroatoms. The minimum absolute atomic E-state index is 0.0292. The molecule has 0 saturated heterocycles. The fourth-order valence-corrected chi connectivity index (χ4v) is 4.10. The van der Waals surface area contributed by atoms with Crippen LogP contribution in [0.1, 0.15) is 50.7 Å². The highest BCUT2D eigenvalue weighted by Crippen LogP contribution is 2.44. The highest BCUT2D eigenvalue weighted by Gasteiger charge is 2.34. The fourth-order valence-electron chi connectivity index (χ4n) is 4.10. The molecular formula is C26H30N2O5. The minimum Gasteiger partial charge on any atom is -0.480 e. The van der Waals surface area contributed by atoms with E-state index in [4.69, 9.17) is 4.74 Å². The number of carbonyl (C=O) groups is 3. The standard InChI is InChI=1S/C26H30N2O5/c1-4-14-26(3,24(30)31)28-23(29)17(2)13-15-27-25(32)33-16-22-20-11-7-5-9-18(20)19-10-6-8-12-21(19)22/h5-13,22H,4,14-16H2,1-3H3,(H,27,32)(H,28,29)(H,30,31)/b17-13+. The third kappa shape index (κ3) is 5.42. The van der Waals surface area contributed by atoms with E-state index in [1.807, 2.05) is 31.2 Å². The zero-order valence-electron chi connectivity index (χ0n) is 19.2. The second kappa shape index (κ2) is 10.3. The highest BCUT2D eigenvalue weighted by atomic mass is 16.5. The van der Waals surface area contributed by atoms with E-state index in [0.29, 0.717) is 18.4 Å². The van der Waals surface area contributed by atoms with Gasteiger partial charge in [-0.15, -0.1) is 0 Å². The molecule has 3 rings (SSSR count). The number of nitrogens with one attached hydrogen (secondary N) is 2. The van der Waals surface area contributed by atoms with Crippen LogP contribution in [0.4, 0.5) is 4.79 Å². The van der Waals surface area contributed by atoms with Crippen molar-refractivity contribution in [2.75, 3.05) is 13.2 Å². The lowest BCUT2D eigenvalue weighted by Gasteiger charge is -2.25. The molecule has 3 N–H and O–H groups in total. The second-order valence-electron chi connectivity index (χ2n) is 8.43. The Balaban J connectivity index is 1.53. The summed E-state index contributed by atoms with van der Waals surface area (Å²) in [5, 5.41) is 14.6. The second-order valence-corrected chi connectivity index (χ2v) is 8.43. The van der Waals surface area contributed by atoms with Crippen LogP contribution in [-0.2, 0) is 14.3 Å². The zero-order valence-corrected chi connectivity index (χ0v) is 19.2. The first kappa shape index (κ1) is 24.0. The van der Waals surface area contributed by atoms with Gasteiger partial charge in [-0.2, -0.15) is 0 Å². The number of ether oxygens (including phenoxy) is 1. The average Bonchev–Trinajstić information content (AvgIpc) is 3.11. The number of carboxylic acids is 1. The molecule has 0 aliphatic heterocycles. The van der Waals surface area contributed by atoms with Crippen molar-refractivity contribution in [3.63, 3.8) is 0 Å². The summed E-state index contributed by atoms with van der Waals surface area (Å²) in [6.07, 6.45) is 1.89. The Bertz CT molecular complexity index is 1030. The van der Waals surface area contributed by atoms with Gasteiger partial charge in [-0.1, -0.05) is 68.0 Å². The number of benzene rings is 2. The van der Waals surface area contributed by atoms with Gasteiger partial charge < -0.3 is 20.5 Å². The number of aliphatic carboxylic acids is 1. The van der Waals surface area contributed by atoms with Crippen molar-refractivity contribution in [3.8, 4) is 11.1 Å². The lowest BCUT2D eigenvalue weighted by Crippen LogP contribution is -2.52. The van der Waals surface area contributed by atoms with Gasteiger partial charge in [0.1, 0.15) is 12.1 Å². The van der Waals surface area contributed by atoms with Gasteiger partial charge in [0, 0.05) is 18.0 Å². The van der Waals surface area contributed by atoms with Crippen LogP contribution < -0.4 is 10.6 Å². The average molecular weight is 451 g/mol. The van der Waals surface area contributed by atoms with Gasteiger partial charge in [-0.3, -0.25) is 4.79 Å². The molecular weight excluding hydrogens is 420 g/mol. The molecule has 0 aromatic heterocycles. The normalized spacial score (nSPS) is 14.6. The van der Waals surface area contributed by atoms with Crippen molar-refractivity contribution in [1.29, 1.82) is 0 Å². The summed E-state index contributed by atoms with van der Waals surface area (Å²) in [6.45, 7) is 5.21. The summed E-state index contributed by atoms with van der Waals surface area (Å²) >= 11 is 0. The monoisotopic (exact) mass is 450 g/mol. The molecule has 0 fully saturated rings. The van der Waals surface area contributed by atoms with Gasteiger partial charge in [-0.05, 0) is 42.5 Å². The Hall–Kier alpha value is -3.61. The number of alkyl carbamates (subject to hydrolysis) is 1. The van der Waals surface area contributed by atoms with Gasteiger partial charge in [-0.25, -0.2) is 9.59 Å². The SMILES string of the molecule is CCCC(C)(NC(=O)/C(C)=C/CNC(=O)OCC1c2ccccc2-c2ccccc21)C(=O)O. The first-order chi connectivity index (χ1) is 15.8. The van der Waals surface area contributed by atoms with Crippen LogP contribution in [0.25, 0.3) is 11.1 Å². The predicted molar refractivity (Wildman–Crippen MR) is 126 cm³/mol. The van der Waals surface area contributed by atoms with E-state index in [-0.39, 0.29) is 19.1 Å². The Morgan fingerprint density at radius 1 is 1.06 bits per heavy atom. The largest absolute Gasteiger partial charge is 0.480 e. The van der Waals surface area contributed by atoms with Gasteiger partial charge in [0.2, 0.25) is 5.91 Å². The Morgan fingerprint density at radius 3 is 2.18 bits per heavy atom. The molecule has 1 atom stereocenters. The number of hydrogen-bond acceptors (Lipinski definition) is 4. The molecule has 0 radical (unpaired) electrons. The molecule has 0 spiro atoms. The van der Waals surface area contributed by atoms with Crippen molar-refractivity contribution < 1.29 is 24.2 Å². The molecule has 0 bridgehead atoms. The topological polar surface area (TPSA) is 105 Å². The first-order valence-corrected chi connectivity index (χ1v) is 11.1. The van der Waals surface area contributed by atoms with Crippen LogP contribution in [-0.4, -0.2) is 41.8 Å². The molecule has 1 aliphatic rings. The summed E-state index contributed by atoms with van der Waals surface area (Å²) in [5.74, 6) is -1.59. The quantitative estimate of drug-likeness (QED) is 0.496. The number of amides is 2. The summed E-state index contributed by atoms with van der Waals surface area (Å²) in [4.78, 5) is 36.1. The van der Waals surface area contributed by atoms with E-state index >= 15 is 0 Å². The minimum atomic E-state index is -1.33. The molecule has 174 valence electrons. The zero-order chi connectivity index (χ0) is 24.0. The highest BCUT2D eigenvalue weighted by molar-refractivity contribution is 5.96. The molecule has 2 aromatic carbocycles. The Morgan fingerprint density at radius 2 is 1.64 bits per heavy atom. The Kier molecular flexibility index (Phi) is 7.53. The molecule has 7 nitrogen and oxygen atoms in total. The number of carbonyl (C=O) groups excluding carboxylic acids is 2. The molecule has 33 heavy (non-hydrogen) atoms. The molecule has 2 amide bonds. The van der Waals surface area contributed by atoms with E-state index in [2.05, 4.69) is 34.9 Å². The van der Waals surface area contributed by atoms with E-state index < -0.39 is 23.5 Å². The van der Waals surface area contributed by atoms with E-state index in [1.165, 1.54) is 13.0 Å². The van der Waals surface area contributed by atoms with E-state index in [9.17, 15) is 19.5 Å². The lowest BCUT2D eigenvalue weighted by atomic mass is 9.96. The third-order valence-corrected chi connectivity index (χ3v) is 5.97. The number of rotatable bonds is 9. The van der Waals surface area contributed by atoms with Gasteiger partial charge in [0.05, 0.1) is 0 Å². The van der Waals surface area contributed by atoms with Crippen molar-refractivity contribution in [2.45, 2.75) is 45.1 Å². The third-order valence-electron chi connectivity index (χ3n) is 5.97. The van der Waals surface area contributed by atoms with E-state index in [0.717, 1.165) is 22.3 Å². The van der Waals surface area contributed by atoms with Crippen molar-refractivity contribution in [3.05, 3.63) is 71.3 Å². The maximum absolute atomic E-state index is 12.4. The van der Waals surface area contributed by atoms with Crippen LogP contribution in [0.2, 0.25) is 0 Å². The Labute approximate surface area is 193 Å². The van der Waals surface area contributed by atoms with Crippen LogP contribution in [0.3, 0.4) is 0 Å². The van der Waals surface area contributed by atoms with Gasteiger partial charge in [0.25, 0.3) is 0 Å². The van der Waals surface area contributed by atoms with Crippen LogP contribution in [0, 0.1) is 0 Å². The summed E-state index contributed by atoms with van der Waals surface area (Å²) in [6, 6.07) is 16.2. The summed E-state index contributed by atoms with van der Waals surface area (Å²) < 4.78 is 5.47. The van der Waals surface area contributed by atoms with E-state index in [1.54, 1.807) is 6.92 Å². The van der Waals surface area contributed by atoms with Gasteiger partial charge >= 0.3 is 12.1 Å². The molecule has 0 saturated carbocycles. The number of hydrogen-bond donors (Lipinski definition) is 3. The van der Waals surface area contributed by atoms with Crippen molar-refractivity contribution >= 4 is 18.0 Å². The fraction of sp³-hybridized carbons (Fsp3) is 0.346. The first-order valence-electron chi connectivity index (χ1n) is 11.1. The molecule has 1 unspecified atom stereocenters. The van der Waals surface area contributed by atoms with Crippen LogP contribution >= 0.6 is 0 Å². The maximum Gasteiger partial charge on any atom is 0.407 e. The van der Waals surface area contributed by atoms with Crippen molar-refractivity contribution in [2.24, 2.45) is 0 Å². The van der Waals surface area contributed by atoms with Crippen molar-refractivity contribution in [1.82, 2.24) is 10.6 Å². The molecule has 2 aromatic rings. The number of fused-ring (bicyclic) bond motifs is 3. The predicted octanol–water partition coefficient (Wildman–Crippen LogP) is 4.23. The summed E-state index contributed by atoms with van der Waals surface area (Å²) in [7, 11) is 0.